The van der Waals surface area contributed by atoms with Crippen LogP contribution >= 0.6 is 11.6 Å². The van der Waals surface area contributed by atoms with Crippen LogP contribution in [0, 0.1) is 11.6 Å². The minimum absolute atomic E-state index is 0.137. The highest BCUT2D eigenvalue weighted by Crippen LogP contribution is 2.26. The molecule has 2 aliphatic rings. The first-order valence-corrected chi connectivity index (χ1v) is 9.06. The van der Waals surface area contributed by atoms with Crippen molar-refractivity contribution in [3.05, 3.63) is 50.3 Å². The smallest absolute Gasteiger partial charge is 0.341 e. The fourth-order valence-electron chi connectivity index (χ4n) is 3.55. The Morgan fingerprint density at radius 3 is 2.57 bits per heavy atom. The number of aliphatic hydroxyl groups is 1. The number of anilines is 1. The van der Waals surface area contributed by atoms with Crippen LogP contribution in [0.25, 0.3) is 16.9 Å². The molecule has 0 amide bonds. The van der Waals surface area contributed by atoms with E-state index < -0.39 is 63.6 Å². The zero-order chi connectivity index (χ0) is 21.9. The van der Waals surface area contributed by atoms with Gasteiger partial charge in [0.15, 0.2) is 29.4 Å². The van der Waals surface area contributed by atoms with Gasteiger partial charge in [-0.1, -0.05) is 17.7 Å². The van der Waals surface area contributed by atoms with E-state index in [1.807, 2.05) is 0 Å². The predicted molar refractivity (Wildman–Crippen MR) is 100 cm³/mol. The van der Waals surface area contributed by atoms with Gasteiger partial charge in [-0.15, -0.1) is 0 Å². The summed E-state index contributed by atoms with van der Waals surface area (Å²) in [5.74, 6) is -5.32. The van der Waals surface area contributed by atoms with Crippen molar-refractivity contribution in [2.75, 3.05) is 18.8 Å². The zero-order valence-electron chi connectivity index (χ0n) is 15.0. The number of hydrogen-bond donors (Lipinski definition) is 3. The minimum atomic E-state index is -1.85. The topological polar surface area (TPSA) is 122 Å². The maximum atomic E-state index is 15.1. The highest BCUT2D eigenvalue weighted by atomic mass is 35.5. The van der Waals surface area contributed by atoms with E-state index >= 15 is 4.39 Å². The zero-order valence-corrected chi connectivity index (χ0v) is 15.8. The summed E-state index contributed by atoms with van der Waals surface area (Å²) in [6, 6.07) is -0.602. The molecule has 1 aliphatic carbocycles. The van der Waals surface area contributed by atoms with Crippen LogP contribution in [0.15, 0.2) is 17.1 Å². The number of rotatable bonds is 3. The number of likely N-dealkylation sites (tertiary alicyclic amines) is 1. The summed E-state index contributed by atoms with van der Waals surface area (Å²) in [4.78, 5) is 29.4. The highest BCUT2D eigenvalue weighted by Gasteiger charge is 2.38. The number of alkyl halides is 1. The molecule has 0 bridgehead atoms. The summed E-state index contributed by atoms with van der Waals surface area (Å²) in [6.07, 6.45) is -0.585. The van der Waals surface area contributed by atoms with Crippen LogP contribution in [0.5, 0.6) is 0 Å². The monoisotopic (exact) mass is 442 g/mol. The van der Waals surface area contributed by atoms with Crippen LogP contribution in [0.3, 0.4) is 0 Å². The number of pyridine rings is 2. The van der Waals surface area contributed by atoms with Gasteiger partial charge in [-0.2, -0.15) is 0 Å². The van der Waals surface area contributed by atoms with Crippen LogP contribution in [-0.4, -0.2) is 62.0 Å². The number of hydrogen-bond acceptors (Lipinski definition) is 6. The molecule has 2 aromatic heterocycles. The second kappa shape index (κ2) is 7.11. The van der Waals surface area contributed by atoms with Crippen LogP contribution in [-0.2, 0) is 0 Å². The van der Waals surface area contributed by atoms with Gasteiger partial charge in [-0.25, -0.2) is 22.9 Å². The molecule has 0 radical (unpaired) electrons. The number of carboxylic acid groups (broad SMARTS) is 1. The second-order valence-corrected chi connectivity index (χ2v) is 7.39. The van der Waals surface area contributed by atoms with Crippen molar-refractivity contribution >= 4 is 34.5 Å². The number of fused-ring (bicyclic) bond motifs is 1. The fraction of sp³-hybridized carbons (Fsp3) is 0.278. The van der Waals surface area contributed by atoms with Gasteiger partial charge in [0.1, 0.15) is 5.56 Å². The second-order valence-electron chi connectivity index (χ2n) is 6.98. The summed E-state index contributed by atoms with van der Waals surface area (Å²) in [7, 11) is 0. The molecule has 12 heteroatoms. The standard InChI is InChI=1S/C18H14ClF3N4O4/c19-12-13(22)11(25-3-6(27)4-25)1-7-14(12)26(5-8(15(7)28)18(29)30)17-10(21)2-9(20)16(23)24-17/h1-2,5-6,11,13,27H,3-4H2,(H2,23,24)(H,29,30). The molecule has 1 aliphatic heterocycles. The SMILES string of the molecule is Nc1nc(-n2cc(C(=O)O)c(=O)c3c2=C(Cl)C(F)C(N2CC(O)C2)C=3)c(F)cc1F. The van der Waals surface area contributed by atoms with Crippen molar-refractivity contribution in [2.24, 2.45) is 0 Å². The van der Waals surface area contributed by atoms with Gasteiger partial charge in [-0.05, 0) is 0 Å². The van der Waals surface area contributed by atoms with Crippen molar-refractivity contribution in [1.82, 2.24) is 14.5 Å². The molecule has 1 fully saturated rings. The summed E-state index contributed by atoms with van der Waals surface area (Å²) in [6.45, 7) is 0.275. The third kappa shape index (κ3) is 3.06. The number of carbonyl (C=O) groups is 1. The summed E-state index contributed by atoms with van der Waals surface area (Å²) >= 11 is 6.21. The molecule has 0 aromatic carbocycles. The van der Waals surface area contributed by atoms with Crippen molar-refractivity contribution in [2.45, 2.75) is 18.3 Å². The van der Waals surface area contributed by atoms with Crippen LogP contribution in [0.2, 0.25) is 0 Å². The Morgan fingerprint density at radius 2 is 1.97 bits per heavy atom. The molecule has 0 spiro atoms. The van der Waals surface area contributed by atoms with Crippen molar-refractivity contribution in [3.63, 3.8) is 0 Å². The van der Waals surface area contributed by atoms with E-state index in [1.54, 1.807) is 0 Å². The first kappa shape index (κ1) is 20.4. The Hall–Kier alpha value is -2.89. The van der Waals surface area contributed by atoms with Gasteiger partial charge in [-0.3, -0.25) is 14.3 Å². The lowest BCUT2D eigenvalue weighted by Gasteiger charge is -2.42. The third-order valence-electron chi connectivity index (χ3n) is 5.06. The molecule has 4 N–H and O–H groups in total. The molecule has 2 unspecified atom stereocenters. The van der Waals surface area contributed by atoms with Gasteiger partial charge in [0.05, 0.1) is 22.5 Å². The summed E-state index contributed by atoms with van der Waals surface area (Å²) < 4.78 is 43.9. The molecule has 3 heterocycles. The number of nitrogen functional groups attached to an aromatic ring is 1. The molecule has 30 heavy (non-hydrogen) atoms. The number of nitrogens with zero attached hydrogens (tertiary/aromatic N) is 3. The first-order chi connectivity index (χ1) is 14.1. The summed E-state index contributed by atoms with van der Waals surface area (Å²) in [5, 5.41) is 17.8. The van der Waals surface area contributed by atoms with E-state index in [2.05, 4.69) is 4.98 Å². The lowest BCUT2D eigenvalue weighted by molar-refractivity contribution is -0.0209. The van der Waals surface area contributed by atoms with Crippen molar-refractivity contribution in [1.29, 1.82) is 0 Å². The van der Waals surface area contributed by atoms with Gasteiger partial charge >= 0.3 is 5.97 Å². The number of nitrogens with two attached hydrogens (primary N) is 1. The number of aromatic nitrogens is 2. The molecule has 158 valence electrons. The number of β-amino-alcohol motifs (C(OH)–C–C–N with tert-alkyl or cyclic N) is 1. The van der Waals surface area contributed by atoms with Gasteiger partial charge in [0.25, 0.3) is 0 Å². The van der Waals surface area contributed by atoms with E-state index in [9.17, 15) is 28.6 Å². The molecular formula is C18H14ClF3N4O4. The van der Waals surface area contributed by atoms with Gasteiger partial charge in [0.2, 0.25) is 5.43 Å². The number of carboxylic acids is 1. The van der Waals surface area contributed by atoms with Crippen LogP contribution in [0.4, 0.5) is 19.0 Å². The van der Waals surface area contributed by atoms with E-state index in [-0.39, 0.29) is 23.7 Å². The Kier molecular flexibility index (Phi) is 4.83. The van der Waals surface area contributed by atoms with E-state index in [0.29, 0.717) is 6.07 Å². The molecule has 0 saturated carbocycles. The maximum Gasteiger partial charge on any atom is 0.341 e. The highest BCUT2D eigenvalue weighted by molar-refractivity contribution is 6.46. The number of halogens is 4. The quantitative estimate of drug-likeness (QED) is 0.575. The number of aliphatic hydroxyl groups excluding tert-OH is 1. The van der Waals surface area contributed by atoms with E-state index in [1.165, 1.54) is 11.0 Å². The third-order valence-corrected chi connectivity index (χ3v) is 5.45. The van der Waals surface area contributed by atoms with Crippen LogP contribution < -0.4 is 21.7 Å². The molecule has 2 aromatic rings. The predicted octanol–water partition coefficient (Wildman–Crippen LogP) is -0.685. The molecule has 8 nitrogen and oxygen atoms in total. The largest absolute Gasteiger partial charge is 0.477 e. The Bertz CT molecular complexity index is 1260. The van der Waals surface area contributed by atoms with Crippen molar-refractivity contribution < 1.29 is 28.2 Å². The number of aromatic carboxylic acids is 1. The van der Waals surface area contributed by atoms with Crippen LogP contribution in [0.1, 0.15) is 10.4 Å². The normalized spacial score (nSPS) is 21.7. The molecular weight excluding hydrogens is 429 g/mol. The molecule has 1 saturated heterocycles. The van der Waals surface area contributed by atoms with Gasteiger partial charge < -0.3 is 15.9 Å². The Balaban J connectivity index is 2.08. The van der Waals surface area contributed by atoms with E-state index in [0.717, 1.165) is 10.8 Å². The Morgan fingerprint density at radius 1 is 1.30 bits per heavy atom. The first-order valence-electron chi connectivity index (χ1n) is 8.68. The maximum absolute atomic E-state index is 15.1. The van der Waals surface area contributed by atoms with Crippen molar-refractivity contribution in [3.8, 4) is 5.82 Å². The lowest BCUT2D eigenvalue weighted by atomic mass is 9.97. The molecule has 2 atom stereocenters. The molecule has 4 rings (SSSR count). The lowest BCUT2D eigenvalue weighted by Crippen LogP contribution is -2.61. The van der Waals surface area contributed by atoms with E-state index in [4.69, 9.17) is 17.3 Å². The average Bonchev–Trinajstić information content (AvgIpc) is 2.65. The Labute approximate surface area is 170 Å². The van der Waals surface area contributed by atoms with Gasteiger partial charge in [0, 0.05) is 30.6 Å². The fourth-order valence-corrected chi connectivity index (χ4v) is 3.87. The average molecular weight is 443 g/mol. The summed E-state index contributed by atoms with van der Waals surface area (Å²) in [5.41, 5.74) is 3.69. The minimum Gasteiger partial charge on any atom is -0.477 e.